The first kappa shape index (κ1) is 14.9. The highest BCUT2D eigenvalue weighted by Gasteiger charge is 2.30. The molecule has 0 bridgehead atoms. The number of carbonyl (C=O) groups is 1. The minimum absolute atomic E-state index is 0.00262. The molecule has 0 radical (unpaired) electrons. The summed E-state index contributed by atoms with van der Waals surface area (Å²) in [5.74, 6) is 0.0749. The Kier molecular flexibility index (Phi) is 3.79. The molecule has 24 heavy (non-hydrogen) atoms. The van der Waals surface area contributed by atoms with E-state index < -0.39 is 0 Å². The van der Waals surface area contributed by atoms with E-state index in [2.05, 4.69) is 4.98 Å². The van der Waals surface area contributed by atoms with Crippen LogP contribution in [0.25, 0.3) is 6.08 Å². The van der Waals surface area contributed by atoms with E-state index in [0.29, 0.717) is 5.02 Å². The van der Waals surface area contributed by atoms with Gasteiger partial charge in [-0.1, -0.05) is 23.7 Å². The van der Waals surface area contributed by atoms with E-state index >= 15 is 0 Å². The molecule has 0 saturated carbocycles. The van der Waals surface area contributed by atoms with Gasteiger partial charge in [0.15, 0.2) is 0 Å². The van der Waals surface area contributed by atoms with Crippen LogP contribution in [0.3, 0.4) is 0 Å². The van der Waals surface area contributed by atoms with Gasteiger partial charge in [-0.05, 0) is 53.6 Å². The number of carbonyl (C=O) groups excluding carboxylic acids is 1. The molecule has 1 atom stereocenters. The van der Waals surface area contributed by atoms with E-state index in [4.69, 9.17) is 11.6 Å². The maximum absolute atomic E-state index is 13.0. The molecular weight excluding hydrogens is 320 g/mol. The van der Waals surface area contributed by atoms with Crippen LogP contribution in [0.2, 0.25) is 5.02 Å². The molecule has 0 unspecified atom stereocenters. The third-order valence-corrected chi connectivity index (χ3v) is 4.63. The van der Waals surface area contributed by atoms with Crippen LogP contribution in [0.5, 0.6) is 0 Å². The summed E-state index contributed by atoms with van der Waals surface area (Å²) in [5.41, 5.74) is 3.61. The Labute approximate surface area is 145 Å². The van der Waals surface area contributed by atoms with Crippen LogP contribution in [-0.2, 0) is 6.54 Å². The number of ketones is 1. The Morgan fingerprint density at radius 2 is 1.83 bits per heavy atom. The van der Waals surface area contributed by atoms with Gasteiger partial charge in [-0.25, -0.2) is 0 Å². The number of hydrogen-bond acceptors (Lipinski definition) is 2. The number of Topliss-reactive ketones (excluding diaryl/α,β-unsaturated/α-hetero) is 1. The second-order valence-electron chi connectivity index (χ2n) is 5.86. The van der Waals surface area contributed by atoms with Gasteiger partial charge in [0, 0.05) is 41.6 Å². The minimum Gasteiger partial charge on any atom is -0.344 e. The van der Waals surface area contributed by atoms with E-state index in [-0.39, 0.29) is 11.7 Å². The molecule has 0 N–H and O–H groups in total. The summed E-state index contributed by atoms with van der Waals surface area (Å²) >= 11 is 6.02. The number of fused-ring (bicyclic) bond motifs is 1. The van der Waals surface area contributed by atoms with Gasteiger partial charge in [0.25, 0.3) is 0 Å². The van der Waals surface area contributed by atoms with Crippen LogP contribution in [0.1, 0.15) is 27.5 Å². The number of hydrogen-bond donors (Lipinski definition) is 0. The Morgan fingerprint density at radius 3 is 2.58 bits per heavy atom. The average Bonchev–Trinajstić information content (AvgIpc) is 3.08. The first-order chi connectivity index (χ1) is 11.7. The Hall–Kier alpha value is -2.65. The van der Waals surface area contributed by atoms with Crippen molar-refractivity contribution in [2.24, 2.45) is 0 Å². The number of pyridine rings is 1. The zero-order chi connectivity index (χ0) is 16.5. The minimum atomic E-state index is 0.00262. The van der Waals surface area contributed by atoms with Crippen LogP contribution in [-0.4, -0.2) is 15.3 Å². The van der Waals surface area contributed by atoms with E-state index in [9.17, 15) is 4.79 Å². The molecule has 1 aliphatic heterocycles. The number of benzene rings is 1. The van der Waals surface area contributed by atoms with Gasteiger partial charge < -0.3 is 4.57 Å². The summed E-state index contributed by atoms with van der Waals surface area (Å²) < 4.78 is 2.02. The number of aromatic nitrogens is 2. The second kappa shape index (κ2) is 6.10. The number of rotatable bonds is 2. The van der Waals surface area contributed by atoms with E-state index in [1.165, 1.54) is 0 Å². The SMILES string of the molecule is O=C1/C(=C\c2ccncc2)[C@H](c2ccc(Cl)cc2)Cn2cccc21. The molecule has 1 aliphatic rings. The fraction of sp³-hybridized carbons (Fsp3) is 0.100. The lowest BCUT2D eigenvalue weighted by Crippen LogP contribution is -2.26. The third kappa shape index (κ3) is 2.68. The maximum Gasteiger partial charge on any atom is 0.206 e. The van der Waals surface area contributed by atoms with E-state index in [1.807, 2.05) is 65.4 Å². The van der Waals surface area contributed by atoms with Gasteiger partial charge in [-0.3, -0.25) is 9.78 Å². The second-order valence-corrected chi connectivity index (χ2v) is 6.30. The fourth-order valence-electron chi connectivity index (χ4n) is 3.17. The lowest BCUT2D eigenvalue weighted by Gasteiger charge is -2.27. The van der Waals surface area contributed by atoms with Gasteiger partial charge in [-0.15, -0.1) is 0 Å². The molecule has 3 aromatic rings. The van der Waals surface area contributed by atoms with E-state index in [1.54, 1.807) is 12.4 Å². The summed E-state index contributed by atoms with van der Waals surface area (Å²) in [5, 5.41) is 0.696. The highest BCUT2D eigenvalue weighted by molar-refractivity contribution is 6.30. The fourth-order valence-corrected chi connectivity index (χ4v) is 3.29. The lowest BCUT2D eigenvalue weighted by atomic mass is 9.84. The van der Waals surface area contributed by atoms with Crippen molar-refractivity contribution < 1.29 is 4.79 Å². The summed E-state index contributed by atoms with van der Waals surface area (Å²) in [6.07, 6.45) is 7.40. The average molecular weight is 335 g/mol. The largest absolute Gasteiger partial charge is 0.344 e. The molecule has 0 spiro atoms. The van der Waals surface area contributed by atoms with Gasteiger partial charge >= 0.3 is 0 Å². The van der Waals surface area contributed by atoms with Crippen molar-refractivity contribution in [1.29, 1.82) is 0 Å². The lowest BCUT2D eigenvalue weighted by molar-refractivity contribution is 0.100. The molecule has 4 heteroatoms. The molecule has 4 rings (SSSR count). The third-order valence-electron chi connectivity index (χ3n) is 4.38. The molecule has 118 valence electrons. The molecule has 1 aromatic carbocycles. The van der Waals surface area contributed by atoms with Crippen molar-refractivity contribution in [2.45, 2.75) is 12.5 Å². The first-order valence-corrected chi connectivity index (χ1v) is 8.17. The quantitative estimate of drug-likeness (QED) is 0.642. The standard InChI is InChI=1S/C20H15ClN2O/c21-16-5-3-15(4-6-16)18-13-23-11-1-2-19(23)20(24)17(18)12-14-7-9-22-10-8-14/h1-12,18H,13H2/b17-12-/t18-/m0/s1. The van der Waals surface area contributed by atoms with Crippen LogP contribution >= 0.6 is 11.6 Å². The molecule has 0 saturated heterocycles. The number of allylic oxidation sites excluding steroid dienone is 1. The Morgan fingerprint density at radius 1 is 1.08 bits per heavy atom. The summed E-state index contributed by atoms with van der Waals surface area (Å²) in [6, 6.07) is 15.3. The Balaban J connectivity index is 1.84. The maximum atomic E-state index is 13.0. The van der Waals surface area contributed by atoms with Gasteiger partial charge in [-0.2, -0.15) is 0 Å². The molecule has 3 heterocycles. The van der Waals surface area contributed by atoms with Crippen molar-refractivity contribution in [2.75, 3.05) is 0 Å². The topological polar surface area (TPSA) is 34.9 Å². The summed E-state index contributed by atoms with van der Waals surface area (Å²) in [7, 11) is 0. The number of halogens is 1. The van der Waals surface area contributed by atoms with Gasteiger partial charge in [0.1, 0.15) is 0 Å². The highest BCUT2D eigenvalue weighted by Crippen LogP contribution is 2.35. The van der Waals surface area contributed by atoms with Gasteiger partial charge in [0.2, 0.25) is 5.78 Å². The smallest absolute Gasteiger partial charge is 0.206 e. The van der Waals surface area contributed by atoms with Crippen molar-refractivity contribution >= 4 is 23.5 Å². The van der Waals surface area contributed by atoms with Crippen molar-refractivity contribution in [1.82, 2.24) is 9.55 Å². The molecule has 0 fully saturated rings. The van der Waals surface area contributed by atoms with Crippen LogP contribution in [0.15, 0.2) is 72.7 Å². The van der Waals surface area contributed by atoms with Crippen molar-refractivity contribution in [3.63, 3.8) is 0 Å². The zero-order valence-corrected chi connectivity index (χ0v) is 13.6. The van der Waals surface area contributed by atoms with E-state index in [0.717, 1.165) is 28.9 Å². The summed E-state index contributed by atoms with van der Waals surface area (Å²) in [6.45, 7) is 0.743. The molecule has 0 amide bonds. The molecule has 2 aromatic heterocycles. The normalized spacial score (nSPS) is 18.6. The highest BCUT2D eigenvalue weighted by atomic mass is 35.5. The zero-order valence-electron chi connectivity index (χ0n) is 12.9. The monoisotopic (exact) mass is 334 g/mol. The molecule has 3 nitrogen and oxygen atoms in total. The van der Waals surface area contributed by atoms with Crippen LogP contribution < -0.4 is 0 Å². The van der Waals surface area contributed by atoms with Crippen molar-refractivity contribution in [3.8, 4) is 0 Å². The van der Waals surface area contributed by atoms with Crippen LogP contribution in [0, 0.1) is 0 Å². The molecular formula is C20H15ClN2O. The summed E-state index contributed by atoms with van der Waals surface area (Å²) in [4.78, 5) is 17.0. The molecule has 0 aliphatic carbocycles. The number of nitrogens with zero attached hydrogens (tertiary/aromatic N) is 2. The predicted octanol–water partition coefficient (Wildman–Crippen LogP) is 4.60. The van der Waals surface area contributed by atoms with Gasteiger partial charge in [0.05, 0.1) is 5.69 Å². The predicted molar refractivity (Wildman–Crippen MR) is 95.2 cm³/mol. The first-order valence-electron chi connectivity index (χ1n) is 7.79. The van der Waals surface area contributed by atoms with Crippen molar-refractivity contribution in [3.05, 3.63) is 94.5 Å². The van der Waals surface area contributed by atoms with Crippen LogP contribution in [0.4, 0.5) is 0 Å². The Bertz CT molecular complexity index is 910.